The number of rotatable bonds is 1. The Morgan fingerprint density at radius 2 is 2.38 bits per heavy atom. The fourth-order valence-corrected chi connectivity index (χ4v) is 1.31. The number of halogens is 1. The van der Waals surface area contributed by atoms with Gasteiger partial charge in [0.15, 0.2) is 5.58 Å². The summed E-state index contributed by atoms with van der Waals surface area (Å²) in [6.07, 6.45) is 0.172. The molecule has 1 aromatic heterocycles. The highest BCUT2D eigenvalue weighted by Gasteiger charge is 2.07. The van der Waals surface area contributed by atoms with Crippen LogP contribution in [0.5, 0.6) is 0 Å². The highest BCUT2D eigenvalue weighted by Crippen LogP contribution is 2.23. The normalized spacial score (nSPS) is 10.2. The Morgan fingerprint density at radius 1 is 1.54 bits per heavy atom. The predicted molar refractivity (Wildman–Crippen MR) is 48.3 cm³/mol. The Labute approximate surface area is 79.6 Å². The molecule has 4 heteroatoms. The minimum absolute atomic E-state index is 0.172. The molecule has 0 atom stereocenters. The smallest absolute Gasteiger partial charge is 0.209 e. The minimum atomic E-state index is 0.172. The first kappa shape index (κ1) is 8.09. The van der Waals surface area contributed by atoms with Crippen molar-refractivity contribution in [3.63, 3.8) is 0 Å². The Balaban J connectivity index is 2.63. The Hall–Kier alpha value is -1.53. The number of nitrogens with zero attached hydrogens (tertiary/aromatic N) is 2. The number of nitriles is 1. The molecule has 0 radical (unpaired) electrons. The van der Waals surface area contributed by atoms with Crippen LogP contribution in [0.2, 0.25) is 5.02 Å². The first-order chi connectivity index (χ1) is 6.31. The lowest BCUT2D eigenvalue weighted by Crippen LogP contribution is -1.78. The summed E-state index contributed by atoms with van der Waals surface area (Å²) in [7, 11) is 0. The van der Waals surface area contributed by atoms with Gasteiger partial charge in [0.05, 0.1) is 11.1 Å². The van der Waals surface area contributed by atoms with Crippen molar-refractivity contribution in [2.24, 2.45) is 0 Å². The fraction of sp³-hybridized carbons (Fsp3) is 0.111. The summed E-state index contributed by atoms with van der Waals surface area (Å²) in [5.74, 6) is 0.408. The summed E-state index contributed by atoms with van der Waals surface area (Å²) in [6.45, 7) is 0. The molecule has 2 aromatic rings. The second-order valence-corrected chi connectivity index (χ2v) is 2.94. The van der Waals surface area contributed by atoms with E-state index >= 15 is 0 Å². The highest BCUT2D eigenvalue weighted by molar-refractivity contribution is 6.34. The van der Waals surface area contributed by atoms with E-state index < -0.39 is 0 Å². The summed E-state index contributed by atoms with van der Waals surface area (Å²) >= 11 is 5.87. The van der Waals surface area contributed by atoms with Gasteiger partial charge in [0.25, 0.3) is 0 Å². The number of hydrogen-bond acceptors (Lipinski definition) is 3. The van der Waals surface area contributed by atoms with Crippen LogP contribution < -0.4 is 0 Å². The average molecular weight is 193 g/mol. The number of benzene rings is 1. The summed E-state index contributed by atoms with van der Waals surface area (Å²) in [4.78, 5) is 4.08. The molecule has 0 saturated heterocycles. The molecule has 0 bridgehead atoms. The van der Waals surface area contributed by atoms with E-state index in [2.05, 4.69) is 4.98 Å². The molecular weight excluding hydrogens is 188 g/mol. The minimum Gasteiger partial charge on any atom is -0.440 e. The van der Waals surface area contributed by atoms with Crippen molar-refractivity contribution in [2.45, 2.75) is 6.42 Å². The topological polar surface area (TPSA) is 49.8 Å². The zero-order chi connectivity index (χ0) is 9.26. The van der Waals surface area contributed by atoms with Gasteiger partial charge in [0.2, 0.25) is 5.89 Å². The molecular formula is C9H5ClN2O. The van der Waals surface area contributed by atoms with Gasteiger partial charge in [-0.05, 0) is 12.1 Å². The van der Waals surface area contributed by atoms with Crippen LogP contribution in [0, 0.1) is 11.3 Å². The molecule has 0 aliphatic heterocycles. The molecule has 13 heavy (non-hydrogen) atoms. The van der Waals surface area contributed by atoms with Gasteiger partial charge < -0.3 is 4.42 Å². The van der Waals surface area contributed by atoms with E-state index in [0.717, 1.165) is 0 Å². The van der Waals surface area contributed by atoms with Gasteiger partial charge in [-0.15, -0.1) is 0 Å². The van der Waals surface area contributed by atoms with Crippen LogP contribution >= 0.6 is 11.6 Å². The van der Waals surface area contributed by atoms with Crippen molar-refractivity contribution in [1.82, 2.24) is 4.98 Å². The molecule has 2 rings (SSSR count). The Kier molecular flexibility index (Phi) is 1.91. The molecule has 0 amide bonds. The van der Waals surface area contributed by atoms with Crippen molar-refractivity contribution in [3.05, 3.63) is 29.1 Å². The summed E-state index contributed by atoms with van der Waals surface area (Å²) in [5.41, 5.74) is 1.24. The molecule has 1 heterocycles. The van der Waals surface area contributed by atoms with E-state index in [0.29, 0.717) is 22.0 Å². The third-order valence-corrected chi connectivity index (χ3v) is 1.95. The second-order valence-electron chi connectivity index (χ2n) is 2.53. The van der Waals surface area contributed by atoms with Crippen molar-refractivity contribution in [1.29, 1.82) is 5.26 Å². The molecule has 0 fully saturated rings. The average Bonchev–Trinajstić information content (AvgIpc) is 2.49. The first-order valence-corrected chi connectivity index (χ1v) is 4.10. The van der Waals surface area contributed by atoms with Gasteiger partial charge in [-0.25, -0.2) is 4.98 Å². The quantitative estimate of drug-likeness (QED) is 0.698. The number of aromatic nitrogens is 1. The molecule has 0 unspecified atom stereocenters. The molecule has 0 saturated carbocycles. The van der Waals surface area contributed by atoms with Gasteiger partial charge in [-0.2, -0.15) is 5.26 Å². The zero-order valence-corrected chi connectivity index (χ0v) is 7.38. The third kappa shape index (κ3) is 1.36. The lowest BCUT2D eigenvalue weighted by atomic mass is 10.3. The maximum atomic E-state index is 8.43. The van der Waals surface area contributed by atoms with Crippen molar-refractivity contribution in [3.8, 4) is 6.07 Å². The standard InChI is InChI=1S/C9H5ClN2O/c10-6-2-1-3-7-9(6)12-8(13-7)4-5-11/h1-3H,4H2. The fourth-order valence-electron chi connectivity index (χ4n) is 1.10. The van der Waals surface area contributed by atoms with E-state index in [4.69, 9.17) is 21.3 Å². The molecule has 0 N–H and O–H groups in total. The Morgan fingerprint density at radius 3 is 3.08 bits per heavy atom. The third-order valence-electron chi connectivity index (χ3n) is 1.64. The van der Waals surface area contributed by atoms with Crippen LogP contribution in [0.4, 0.5) is 0 Å². The van der Waals surface area contributed by atoms with E-state index in [9.17, 15) is 0 Å². The largest absolute Gasteiger partial charge is 0.440 e. The van der Waals surface area contributed by atoms with Crippen LogP contribution in [-0.2, 0) is 6.42 Å². The van der Waals surface area contributed by atoms with Crippen molar-refractivity contribution < 1.29 is 4.42 Å². The van der Waals surface area contributed by atoms with Crippen LogP contribution in [0.25, 0.3) is 11.1 Å². The second kappa shape index (κ2) is 3.08. The van der Waals surface area contributed by atoms with Gasteiger partial charge in [-0.1, -0.05) is 17.7 Å². The Bertz CT molecular complexity index is 484. The summed E-state index contributed by atoms with van der Waals surface area (Å²) in [5, 5.41) is 8.98. The number of oxazole rings is 1. The molecule has 0 aliphatic carbocycles. The van der Waals surface area contributed by atoms with Crippen LogP contribution in [0.15, 0.2) is 22.6 Å². The van der Waals surface area contributed by atoms with Crippen molar-refractivity contribution in [2.75, 3.05) is 0 Å². The molecule has 0 aliphatic rings. The van der Waals surface area contributed by atoms with E-state index in [1.54, 1.807) is 18.2 Å². The SMILES string of the molecule is N#CCc1nc2c(Cl)cccc2o1. The number of fused-ring (bicyclic) bond motifs is 1. The van der Waals surface area contributed by atoms with Crippen molar-refractivity contribution >= 4 is 22.7 Å². The maximum Gasteiger partial charge on any atom is 0.209 e. The number of hydrogen-bond donors (Lipinski definition) is 0. The monoisotopic (exact) mass is 192 g/mol. The predicted octanol–water partition coefficient (Wildman–Crippen LogP) is 2.55. The van der Waals surface area contributed by atoms with Gasteiger partial charge in [0.1, 0.15) is 11.9 Å². The van der Waals surface area contributed by atoms with Gasteiger partial charge in [-0.3, -0.25) is 0 Å². The molecule has 0 spiro atoms. The van der Waals surface area contributed by atoms with E-state index in [1.165, 1.54) is 0 Å². The molecule has 64 valence electrons. The highest BCUT2D eigenvalue weighted by atomic mass is 35.5. The maximum absolute atomic E-state index is 8.43. The lowest BCUT2D eigenvalue weighted by molar-refractivity contribution is 0.548. The number of para-hydroxylation sites is 1. The summed E-state index contributed by atoms with van der Waals surface area (Å²) < 4.78 is 5.27. The van der Waals surface area contributed by atoms with Crippen LogP contribution in [0.3, 0.4) is 0 Å². The molecule has 3 nitrogen and oxygen atoms in total. The lowest BCUT2D eigenvalue weighted by Gasteiger charge is -1.86. The van der Waals surface area contributed by atoms with Gasteiger partial charge >= 0.3 is 0 Å². The van der Waals surface area contributed by atoms with E-state index in [-0.39, 0.29) is 6.42 Å². The molecule has 1 aromatic carbocycles. The first-order valence-electron chi connectivity index (χ1n) is 3.72. The van der Waals surface area contributed by atoms with Crippen LogP contribution in [0.1, 0.15) is 5.89 Å². The van der Waals surface area contributed by atoms with Gasteiger partial charge in [0, 0.05) is 0 Å². The zero-order valence-electron chi connectivity index (χ0n) is 6.62. The van der Waals surface area contributed by atoms with E-state index in [1.807, 2.05) is 6.07 Å². The van der Waals surface area contributed by atoms with Crippen LogP contribution in [-0.4, -0.2) is 4.98 Å². The summed E-state index contributed by atoms with van der Waals surface area (Å²) in [6, 6.07) is 7.26.